The first kappa shape index (κ1) is 12.9. The molecule has 0 unspecified atom stereocenters. The van der Waals surface area contributed by atoms with E-state index in [0.29, 0.717) is 5.02 Å². The number of aromatic nitrogens is 1. The third-order valence-corrected chi connectivity index (χ3v) is 3.51. The lowest BCUT2D eigenvalue weighted by Crippen LogP contribution is -2.30. The normalized spacial score (nSPS) is 15.9. The van der Waals surface area contributed by atoms with Crippen molar-refractivity contribution in [2.24, 2.45) is 0 Å². The summed E-state index contributed by atoms with van der Waals surface area (Å²) >= 11 is 9.38. The molecule has 0 N–H and O–H groups in total. The molecular weight excluding hydrogens is 304 g/mol. The van der Waals surface area contributed by atoms with Gasteiger partial charge in [-0.15, -0.1) is 0 Å². The van der Waals surface area contributed by atoms with Crippen LogP contribution in [0.4, 0.5) is 5.82 Å². The predicted octanol–water partition coefficient (Wildman–Crippen LogP) is 3.28. The van der Waals surface area contributed by atoms with Gasteiger partial charge in [-0.2, -0.15) is 0 Å². The van der Waals surface area contributed by atoms with Crippen molar-refractivity contribution in [1.82, 2.24) is 4.98 Å². The number of hydrogen-bond donors (Lipinski definition) is 0. The maximum atomic E-state index is 5.88. The number of hydrogen-bond acceptors (Lipinski definition) is 3. The van der Waals surface area contributed by atoms with Crippen LogP contribution in [-0.2, 0) is 4.74 Å². The minimum atomic E-state index is 0.647. The second kappa shape index (κ2) is 5.85. The Morgan fingerprint density at radius 3 is 3.00 bits per heavy atom. The monoisotopic (exact) mass is 316 g/mol. The third-order valence-electron chi connectivity index (χ3n) is 2.72. The number of ether oxygens (including phenoxy) is 1. The van der Waals surface area contributed by atoms with Gasteiger partial charge in [-0.3, -0.25) is 0 Å². The van der Waals surface area contributed by atoms with Crippen LogP contribution in [0.25, 0.3) is 0 Å². The summed E-state index contributed by atoms with van der Waals surface area (Å²) in [6.45, 7) is 2.55. The zero-order valence-electron chi connectivity index (χ0n) is 9.62. The lowest BCUT2D eigenvalue weighted by atomic mass is 10.1. The Morgan fingerprint density at radius 2 is 2.41 bits per heavy atom. The molecule has 0 fully saturated rings. The zero-order valence-corrected chi connectivity index (χ0v) is 12.0. The van der Waals surface area contributed by atoms with Crippen molar-refractivity contribution < 1.29 is 4.74 Å². The average Bonchev–Trinajstić information content (AvgIpc) is 2.31. The largest absolute Gasteiger partial charge is 0.380 e. The third kappa shape index (κ3) is 3.21. The molecule has 0 bridgehead atoms. The van der Waals surface area contributed by atoms with Gasteiger partial charge in [0.2, 0.25) is 0 Å². The summed E-state index contributed by atoms with van der Waals surface area (Å²) in [5, 5.41) is 0.647. The average molecular weight is 318 g/mol. The summed E-state index contributed by atoms with van der Waals surface area (Å²) in [4.78, 5) is 6.58. The lowest BCUT2D eigenvalue weighted by molar-refractivity contribution is 0.222. The standard InChI is InChI=1S/C12H14BrClN2O/c1-17-8-9-2-4-16(5-3-9)12-11(13)6-10(14)7-15-12/h2,6-7H,3-5,8H2,1H3. The van der Waals surface area contributed by atoms with Crippen LogP contribution in [0.5, 0.6) is 0 Å². The molecule has 1 aromatic rings. The number of halogens is 2. The molecule has 2 rings (SSSR count). The molecule has 0 aromatic carbocycles. The second-order valence-electron chi connectivity index (χ2n) is 3.95. The molecule has 1 aromatic heterocycles. The molecule has 2 heterocycles. The SMILES string of the molecule is COCC1=CCN(c2ncc(Cl)cc2Br)CC1. The molecule has 0 spiro atoms. The van der Waals surface area contributed by atoms with Crippen LogP contribution in [0.15, 0.2) is 28.4 Å². The summed E-state index contributed by atoms with van der Waals surface area (Å²) in [6.07, 6.45) is 4.90. The fourth-order valence-electron chi connectivity index (χ4n) is 1.86. The van der Waals surface area contributed by atoms with Crippen molar-refractivity contribution in [3.8, 4) is 0 Å². The van der Waals surface area contributed by atoms with Crippen LogP contribution >= 0.6 is 27.5 Å². The Balaban J connectivity index is 2.10. The van der Waals surface area contributed by atoms with E-state index in [0.717, 1.165) is 36.4 Å². The molecular formula is C12H14BrClN2O. The Kier molecular flexibility index (Phi) is 4.42. The van der Waals surface area contributed by atoms with Gasteiger partial charge in [-0.1, -0.05) is 17.7 Å². The molecule has 5 heteroatoms. The highest BCUT2D eigenvalue weighted by molar-refractivity contribution is 9.10. The second-order valence-corrected chi connectivity index (χ2v) is 5.24. The smallest absolute Gasteiger partial charge is 0.143 e. The quantitative estimate of drug-likeness (QED) is 0.800. The van der Waals surface area contributed by atoms with Gasteiger partial charge in [0.1, 0.15) is 5.82 Å². The Labute approximate surface area is 115 Å². The fourth-order valence-corrected chi connectivity index (χ4v) is 2.75. The van der Waals surface area contributed by atoms with E-state index in [1.54, 1.807) is 13.3 Å². The number of nitrogens with zero attached hydrogens (tertiary/aromatic N) is 2. The molecule has 0 saturated carbocycles. The first-order valence-electron chi connectivity index (χ1n) is 5.43. The summed E-state index contributed by atoms with van der Waals surface area (Å²) in [5.74, 6) is 0.946. The van der Waals surface area contributed by atoms with Crippen LogP contribution in [-0.4, -0.2) is 31.8 Å². The highest BCUT2D eigenvalue weighted by Crippen LogP contribution is 2.28. The summed E-state index contributed by atoms with van der Waals surface area (Å²) < 4.78 is 6.07. The molecule has 92 valence electrons. The first-order chi connectivity index (χ1) is 8.20. The molecule has 1 aliphatic rings. The minimum Gasteiger partial charge on any atom is -0.380 e. The van der Waals surface area contributed by atoms with Gasteiger partial charge in [-0.25, -0.2) is 4.98 Å². The predicted molar refractivity (Wildman–Crippen MR) is 73.7 cm³/mol. The molecule has 0 atom stereocenters. The first-order valence-corrected chi connectivity index (χ1v) is 6.60. The van der Waals surface area contributed by atoms with Gasteiger partial charge in [0.25, 0.3) is 0 Å². The molecule has 0 radical (unpaired) electrons. The van der Waals surface area contributed by atoms with E-state index in [2.05, 4.69) is 31.9 Å². The van der Waals surface area contributed by atoms with Crippen LogP contribution in [0.3, 0.4) is 0 Å². The molecule has 0 aliphatic carbocycles. The molecule has 0 saturated heterocycles. The Bertz CT molecular complexity index is 437. The van der Waals surface area contributed by atoms with Gasteiger partial charge in [-0.05, 0) is 34.0 Å². The fraction of sp³-hybridized carbons (Fsp3) is 0.417. The maximum Gasteiger partial charge on any atom is 0.143 e. The van der Waals surface area contributed by atoms with Crippen molar-refractivity contribution in [3.05, 3.63) is 33.4 Å². The van der Waals surface area contributed by atoms with E-state index in [4.69, 9.17) is 16.3 Å². The number of methoxy groups -OCH3 is 1. The number of pyridine rings is 1. The molecule has 0 amide bonds. The molecule has 17 heavy (non-hydrogen) atoms. The molecule has 1 aliphatic heterocycles. The van der Waals surface area contributed by atoms with Gasteiger partial charge >= 0.3 is 0 Å². The van der Waals surface area contributed by atoms with Crippen molar-refractivity contribution >= 4 is 33.3 Å². The van der Waals surface area contributed by atoms with Crippen molar-refractivity contribution in [2.45, 2.75) is 6.42 Å². The van der Waals surface area contributed by atoms with Gasteiger partial charge in [0.05, 0.1) is 16.1 Å². The van der Waals surface area contributed by atoms with Gasteiger partial charge in [0.15, 0.2) is 0 Å². The van der Waals surface area contributed by atoms with Gasteiger partial charge in [0, 0.05) is 26.4 Å². The van der Waals surface area contributed by atoms with Crippen LogP contribution in [0.1, 0.15) is 6.42 Å². The highest BCUT2D eigenvalue weighted by Gasteiger charge is 2.15. The molecule has 3 nitrogen and oxygen atoms in total. The van der Waals surface area contributed by atoms with Crippen LogP contribution in [0, 0.1) is 0 Å². The van der Waals surface area contributed by atoms with E-state index in [-0.39, 0.29) is 0 Å². The summed E-state index contributed by atoms with van der Waals surface area (Å²) in [6, 6.07) is 1.87. The van der Waals surface area contributed by atoms with E-state index in [1.165, 1.54) is 5.57 Å². The zero-order chi connectivity index (χ0) is 12.3. The van der Waals surface area contributed by atoms with E-state index >= 15 is 0 Å². The van der Waals surface area contributed by atoms with Crippen LogP contribution in [0.2, 0.25) is 5.02 Å². The number of anilines is 1. The lowest BCUT2D eigenvalue weighted by Gasteiger charge is -2.28. The van der Waals surface area contributed by atoms with Crippen molar-refractivity contribution in [2.75, 3.05) is 31.7 Å². The Hall–Kier alpha value is -0.580. The van der Waals surface area contributed by atoms with Gasteiger partial charge < -0.3 is 9.64 Å². The summed E-state index contributed by atoms with van der Waals surface area (Å²) in [5.41, 5.74) is 1.36. The van der Waals surface area contributed by atoms with Crippen molar-refractivity contribution in [1.29, 1.82) is 0 Å². The van der Waals surface area contributed by atoms with E-state index in [9.17, 15) is 0 Å². The maximum absolute atomic E-state index is 5.88. The highest BCUT2D eigenvalue weighted by atomic mass is 79.9. The van der Waals surface area contributed by atoms with Crippen molar-refractivity contribution in [3.63, 3.8) is 0 Å². The van der Waals surface area contributed by atoms with E-state index in [1.807, 2.05) is 6.07 Å². The van der Waals surface area contributed by atoms with E-state index < -0.39 is 0 Å². The van der Waals surface area contributed by atoms with Crippen LogP contribution < -0.4 is 4.90 Å². The number of rotatable bonds is 3. The topological polar surface area (TPSA) is 25.4 Å². The summed E-state index contributed by atoms with van der Waals surface area (Å²) in [7, 11) is 1.73. The minimum absolute atomic E-state index is 0.647. The Morgan fingerprint density at radius 1 is 1.59 bits per heavy atom.